The number of nitrogens with zero attached hydrogens (tertiary/aromatic N) is 1. The van der Waals surface area contributed by atoms with E-state index in [-0.39, 0.29) is 12.5 Å². The Bertz CT molecular complexity index is 297. The van der Waals surface area contributed by atoms with E-state index in [1.165, 1.54) is 19.3 Å². The Morgan fingerprint density at radius 2 is 2.00 bits per heavy atom. The molecule has 0 aromatic rings. The van der Waals surface area contributed by atoms with E-state index in [9.17, 15) is 4.79 Å². The van der Waals surface area contributed by atoms with Crippen LogP contribution in [-0.2, 0) is 4.79 Å². The maximum absolute atomic E-state index is 11.5. The minimum absolute atomic E-state index is 0.0769. The molecule has 1 rings (SSSR count). The van der Waals surface area contributed by atoms with E-state index in [0.717, 1.165) is 12.8 Å². The Balaban J connectivity index is 2.32. The largest absolute Gasteiger partial charge is 0.354 e. The molecule has 6 nitrogen and oxygen atoms in total. The Morgan fingerprint density at radius 3 is 2.58 bits per heavy atom. The Labute approximate surface area is 115 Å². The molecule has 0 bridgehead atoms. The van der Waals surface area contributed by atoms with Crippen molar-refractivity contribution >= 4 is 11.9 Å². The molecule has 0 aliphatic heterocycles. The summed E-state index contributed by atoms with van der Waals surface area (Å²) < 4.78 is 0. The number of nitrogens with one attached hydrogen (secondary N) is 3. The van der Waals surface area contributed by atoms with Crippen LogP contribution >= 0.6 is 0 Å². The maximum atomic E-state index is 11.5. The third-order valence-electron chi connectivity index (χ3n) is 3.17. The van der Waals surface area contributed by atoms with Gasteiger partial charge in [0.25, 0.3) is 0 Å². The first-order valence-corrected chi connectivity index (χ1v) is 7.16. The summed E-state index contributed by atoms with van der Waals surface area (Å²) in [7, 11) is 0. The van der Waals surface area contributed by atoms with E-state index in [0.29, 0.717) is 24.5 Å². The predicted octanol–water partition coefficient (Wildman–Crippen LogP) is 0.500. The van der Waals surface area contributed by atoms with Crippen molar-refractivity contribution in [2.75, 3.05) is 13.1 Å². The zero-order valence-electron chi connectivity index (χ0n) is 12.0. The fraction of sp³-hybridized carbons (Fsp3) is 0.846. The van der Waals surface area contributed by atoms with Crippen molar-refractivity contribution in [2.24, 2.45) is 16.8 Å². The third-order valence-corrected chi connectivity index (χ3v) is 3.17. The van der Waals surface area contributed by atoms with Crippen molar-refractivity contribution in [1.82, 2.24) is 16.1 Å². The number of hydrogen-bond donors (Lipinski definition) is 4. The monoisotopic (exact) mass is 269 g/mol. The summed E-state index contributed by atoms with van der Waals surface area (Å²) >= 11 is 0. The van der Waals surface area contributed by atoms with Gasteiger partial charge in [0.2, 0.25) is 11.9 Å². The number of carbonyl (C=O) groups is 1. The zero-order chi connectivity index (χ0) is 14.1. The number of carbonyl (C=O) groups excluding carboxylic acids is 1. The second-order valence-corrected chi connectivity index (χ2v) is 5.49. The highest BCUT2D eigenvalue weighted by Crippen LogP contribution is 2.16. The molecule has 19 heavy (non-hydrogen) atoms. The van der Waals surface area contributed by atoms with Gasteiger partial charge in [-0.2, -0.15) is 0 Å². The van der Waals surface area contributed by atoms with Crippen molar-refractivity contribution in [1.29, 1.82) is 0 Å². The summed E-state index contributed by atoms with van der Waals surface area (Å²) in [4.78, 5) is 15.7. The number of hydrogen-bond acceptors (Lipinski definition) is 3. The van der Waals surface area contributed by atoms with E-state index < -0.39 is 0 Å². The molecule has 0 unspecified atom stereocenters. The first kappa shape index (κ1) is 15.8. The third kappa shape index (κ3) is 7.00. The Morgan fingerprint density at radius 1 is 1.32 bits per heavy atom. The number of hydrazine groups is 1. The topological polar surface area (TPSA) is 91.5 Å². The Hall–Kier alpha value is -1.30. The average Bonchev–Trinajstić information content (AvgIpc) is 2.42. The summed E-state index contributed by atoms with van der Waals surface area (Å²) in [5, 5.41) is 6.08. The van der Waals surface area contributed by atoms with Crippen LogP contribution in [0.4, 0.5) is 0 Å². The highest BCUT2D eigenvalue weighted by Gasteiger charge is 2.14. The van der Waals surface area contributed by atoms with Gasteiger partial charge >= 0.3 is 0 Å². The van der Waals surface area contributed by atoms with Gasteiger partial charge in [0.1, 0.15) is 6.54 Å². The minimum Gasteiger partial charge on any atom is -0.354 e. The highest BCUT2D eigenvalue weighted by molar-refractivity contribution is 5.84. The molecule has 1 amide bonds. The summed E-state index contributed by atoms with van der Waals surface area (Å²) in [6, 6.07) is 0.419. The highest BCUT2D eigenvalue weighted by atomic mass is 16.1. The molecular weight excluding hydrogens is 242 g/mol. The molecule has 1 saturated carbocycles. The zero-order valence-corrected chi connectivity index (χ0v) is 12.0. The van der Waals surface area contributed by atoms with Gasteiger partial charge in [-0.3, -0.25) is 10.2 Å². The van der Waals surface area contributed by atoms with Gasteiger partial charge in [-0.1, -0.05) is 33.1 Å². The fourth-order valence-electron chi connectivity index (χ4n) is 2.10. The second kappa shape index (κ2) is 8.74. The smallest absolute Gasteiger partial charge is 0.241 e. The van der Waals surface area contributed by atoms with Crippen LogP contribution in [0.15, 0.2) is 4.99 Å². The molecular formula is C13H27N5O. The van der Waals surface area contributed by atoms with Gasteiger partial charge in [0.05, 0.1) is 0 Å². The van der Waals surface area contributed by atoms with E-state index in [4.69, 9.17) is 5.84 Å². The van der Waals surface area contributed by atoms with E-state index in [2.05, 4.69) is 34.9 Å². The van der Waals surface area contributed by atoms with Gasteiger partial charge < -0.3 is 10.6 Å². The van der Waals surface area contributed by atoms with Crippen molar-refractivity contribution in [2.45, 2.75) is 52.0 Å². The van der Waals surface area contributed by atoms with Gasteiger partial charge in [-0.15, -0.1) is 0 Å². The number of nitrogens with two attached hydrogens (primary N) is 1. The lowest BCUT2D eigenvalue weighted by atomic mass is 9.96. The van der Waals surface area contributed by atoms with Crippen molar-refractivity contribution in [3.8, 4) is 0 Å². The molecule has 0 aromatic carbocycles. The van der Waals surface area contributed by atoms with Gasteiger partial charge in [0.15, 0.2) is 0 Å². The normalized spacial score (nSPS) is 17.4. The second-order valence-electron chi connectivity index (χ2n) is 5.49. The average molecular weight is 269 g/mol. The van der Waals surface area contributed by atoms with Gasteiger partial charge in [-0.25, -0.2) is 10.8 Å². The first-order chi connectivity index (χ1) is 9.11. The number of aliphatic imine (C=N–C) groups is 1. The molecule has 0 heterocycles. The first-order valence-electron chi connectivity index (χ1n) is 7.16. The predicted molar refractivity (Wildman–Crippen MR) is 77.5 cm³/mol. The number of guanidine groups is 1. The van der Waals surface area contributed by atoms with Crippen LogP contribution in [0.25, 0.3) is 0 Å². The van der Waals surface area contributed by atoms with E-state index in [1.54, 1.807) is 0 Å². The summed E-state index contributed by atoms with van der Waals surface area (Å²) in [6.07, 6.45) is 6.06. The van der Waals surface area contributed by atoms with Gasteiger partial charge in [0, 0.05) is 12.6 Å². The molecule has 1 aliphatic rings. The molecule has 0 saturated heterocycles. The molecule has 110 valence electrons. The van der Waals surface area contributed by atoms with E-state index >= 15 is 0 Å². The van der Waals surface area contributed by atoms with Crippen LogP contribution in [0.2, 0.25) is 0 Å². The molecule has 1 fully saturated rings. The van der Waals surface area contributed by atoms with Crippen LogP contribution in [0.5, 0.6) is 0 Å². The van der Waals surface area contributed by atoms with E-state index in [1.807, 2.05) is 0 Å². The van der Waals surface area contributed by atoms with Gasteiger partial charge in [-0.05, 0) is 18.8 Å². The molecule has 0 spiro atoms. The summed E-state index contributed by atoms with van der Waals surface area (Å²) in [6.45, 7) is 4.89. The fourth-order valence-corrected chi connectivity index (χ4v) is 2.10. The van der Waals surface area contributed by atoms with Crippen LogP contribution in [0, 0.1) is 5.92 Å². The summed E-state index contributed by atoms with van der Waals surface area (Å²) in [5.41, 5.74) is 2.53. The molecule has 0 aromatic heterocycles. The summed E-state index contributed by atoms with van der Waals surface area (Å²) in [5.74, 6) is 6.30. The van der Waals surface area contributed by atoms with Crippen molar-refractivity contribution < 1.29 is 4.79 Å². The van der Waals surface area contributed by atoms with Crippen molar-refractivity contribution in [3.63, 3.8) is 0 Å². The lowest BCUT2D eigenvalue weighted by molar-refractivity contribution is -0.119. The molecule has 6 heteroatoms. The standard InChI is InChI=1S/C13H27N5O/c1-10(2)8-15-12(19)9-16-13(18-14)17-11-6-4-3-5-7-11/h10-11H,3-9,14H2,1-2H3,(H,15,19)(H2,16,17,18). The Kier molecular flexibility index (Phi) is 7.25. The van der Waals surface area contributed by atoms with Crippen molar-refractivity contribution in [3.05, 3.63) is 0 Å². The minimum atomic E-state index is -0.0769. The van der Waals surface area contributed by atoms with Crippen LogP contribution in [-0.4, -0.2) is 31.0 Å². The van der Waals surface area contributed by atoms with Crippen LogP contribution in [0.1, 0.15) is 46.0 Å². The molecule has 1 aliphatic carbocycles. The molecule has 5 N–H and O–H groups in total. The number of amides is 1. The molecule has 0 atom stereocenters. The lowest BCUT2D eigenvalue weighted by Crippen LogP contribution is -2.47. The number of rotatable bonds is 5. The van der Waals surface area contributed by atoms with Crippen LogP contribution in [0.3, 0.4) is 0 Å². The quantitative estimate of drug-likeness (QED) is 0.253. The maximum Gasteiger partial charge on any atom is 0.241 e. The lowest BCUT2D eigenvalue weighted by Gasteiger charge is -2.24. The molecule has 0 radical (unpaired) electrons. The SMILES string of the molecule is CC(C)CNC(=O)CN=C(NN)NC1CCCCC1. The van der Waals surface area contributed by atoms with Crippen LogP contribution < -0.4 is 21.9 Å².